The monoisotopic (exact) mass is 408 g/mol. The van der Waals surface area contributed by atoms with Crippen LogP contribution in [0.1, 0.15) is 12.5 Å². The highest BCUT2D eigenvalue weighted by atomic mass is 19.4. The highest BCUT2D eigenvalue weighted by Gasteiger charge is 2.31. The van der Waals surface area contributed by atoms with Crippen LogP contribution in [0.25, 0.3) is 0 Å². The van der Waals surface area contributed by atoms with E-state index in [2.05, 4.69) is 10.2 Å². The van der Waals surface area contributed by atoms with Crippen molar-refractivity contribution in [1.82, 2.24) is 0 Å². The molecule has 0 radical (unpaired) electrons. The lowest BCUT2D eigenvalue weighted by Crippen LogP contribution is -3.19. The summed E-state index contributed by atoms with van der Waals surface area (Å²) in [6.45, 7) is 5.04. The van der Waals surface area contributed by atoms with Crippen molar-refractivity contribution in [3.63, 3.8) is 0 Å². The van der Waals surface area contributed by atoms with Crippen LogP contribution in [0.15, 0.2) is 48.5 Å². The van der Waals surface area contributed by atoms with Gasteiger partial charge < -0.3 is 19.9 Å². The molecule has 1 fully saturated rings. The number of benzene rings is 2. The van der Waals surface area contributed by atoms with E-state index in [1.807, 2.05) is 31.2 Å². The van der Waals surface area contributed by atoms with E-state index < -0.39 is 11.7 Å². The van der Waals surface area contributed by atoms with Crippen molar-refractivity contribution in [2.75, 3.05) is 43.5 Å². The van der Waals surface area contributed by atoms with Crippen molar-refractivity contribution in [2.45, 2.75) is 19.1 Å². The normalized spacial score (nSPS) is 16.4. The molecule has 2 aromatic carbocycles. The van der Waals surface area contributed by atoms with Crippen LogP contribution in [0.3, 0.4) is 0 Å². The molecule has 2 N–H and O–H groups in total. The summed E-state index contributed by atoms with van der Waals surface area (Å²) in [5.74, 6) is 0.608. The summed E-state index contributed by atoms with van der Waals surface area (Å²) >= 11 is 0. The number of alkyl halides is 3. The lowest BCUT2D eigenvalue weighted by Gasteiger charge is -2.36. The molecule has 2 aromatic rings. The first-order valence-corrected chi connectivity index (χ1v) is 9.49. The number of piperazine rings is 1. The number of anilines is 2. The van der Waals surface area contributed by atoms with E-state index in [4.69, 9.17) is 4.74 Å². The summed E-state index contributed by atoms with van der Waals surface area (Å²) < 4.78 is 43.2. The summed E-state index contributed by atoms with van der Waals surface area (Å²) in [5, 5.41) is 2.72. The number of halogens is 3. The van der Waals surface area contributed by atoms with Gasteiger partial charge in [-0.25, -0.2) is 0 Å². The van der Waals surface area contributed by atoms with Gasteiger partial charge in [-0.15, -0.1) is 0 Å². The zero-order valence-electron chi connectivity index (χ0n) is 16.4. The van der Waals surface area contributed by atoms with E-state index in [-0.39, 0.29) is 11.9 Å². The largest absolute Gasteiger partial charge is 0.497 e. The molecule has 0 spiro atoms. The molecule has 0 aliphatic carbocycles. The average Bonchev–Trinajstić information content (AvgIpc) is 2.73. The fraction of sp³-hybridized carbons (Fsp3) is 0.381. The molecule has 8 heteroatoms. The number of rotatable bonds is 5. The number of hydrogen-bond acceptors (Lipinski definition) is 3. The fourth-order valence-electron chi connectivity index (χ4n) is 3.47. The van der Waals surface area contributed by atoms with Gasteiger partial charge in [0.15, 0.2) is 6.04 Å². The number of ether oxygens (including phenoxy) is 1. The van der Waals surface area contributed by atoms with E-state index in [9.17, 15) is 18.0 Å². The molecule has 1 heterocycles. The van der Waals surface area contributed by atoms with Crippen LogP contribution in [-0.2, 0) is 11.0 Å². The van der Waals surface area contributed by atoms with Crippen molar-refractivity contribution in [3.8, 4) is 5.75 Å². The van der Waals surface area contributed by atoms with Gasteiger partial charge in [-0.05, 0) is 43.3 Å². The van der Waals surface area contributed by atoms with Crippen molar-refractivity contribution >= 4 is 17.3 Å². The van der Waals surface area contributed by atoms with E-state index in [0.717, 1.165) is 54.6 Å². The number of carbonyl (C=O) groups is 1. The first-order chi connectivity index (χ1) is 13.8. The Morgan fingerprint density at radius 3 is 2.38 bits per heavy atom. The predicted octanol–water partition coefficient (Wildman–Crippen LogP) is 2.45. The molecule has 1 aliphatic rings. The molecule has 1 atom stereocenters. The second-order valence-electron chi connectivity index (χ2n) is 7.13. The Kier molecular flexibility index (Phi) is 6.32. The quantitative estimate of drug-likeness (QED) is 0.799. The molecular weight excluding hydrogens is 383 g/mol. The molecule has 0 aromatic heterocycles. The van der Waals surface area contributed by atoms with Gasteiger partial charge in [0.2, 0.25) is 0 Å². The maximum atomic E-state index is 12.6. The average molecular weight is 408 g/mol. The molecule has 29 heavy (non-hydrogen) atoms. The van der Waals surface area contributed by atoms with Gasteiger partial charge in [0.25, 0.3) is 5.91 Å². The molecule has 0 bridgehead atoms. The number of amides is 1. The summed E-state index contributed by atoms with van der Waals surface area (Å²) in [4.78, 5) is 15.9. The lowest BCUT2D eigenvalue weighted by molar-refractivity contribution is -0.914. The van der Waals surface area contributed by atoms with Gasteiger partial charge >= 0.3 is 6.18 Å². The van der Waals surface area contributed by atoms with Crippen LogP contribution in [-0.4, -0.2) is 45.2 Å². The maximum Gasteiger partial charge on any atom is 0.416 e. The topological polar surface area (TPSA) is 46.0 Å². The Bertz CT molecular complexity index is 832. The Balaban J connectivity index is 1.54. The minimum Gasteiger partial charge on any atom is -0.497 e. The summed E-state index contributed by atoms with van der Waals surface area (Å²) in [6, 6.07) is 12.1. The third-order valence-electron chi connectivity index (χ3n) is 5.31. The third-order valence-corrected chi connectivity index (χ3v) is 5.31. The van der Waals surface area contributed by atoms with Gasteiger partial charge in [-0.2, -0.15) is 13.2 Å². The van der Waals surface area contributed by atoms with E-state index in [1.165, 1.54) is 12.1 Å². The number of methoxy groups -OCH3 is 1. The van der Waals surface area contributed by atoms with Gasteiger partial charge in [0.1, 0.15) is 5.75 Å². The Labute approximate surface area is 168 Å². The first-order valence-electron chi connectivity index (χ1n) is 9.49. The second kappa shape index (κ2) is 8.73. The smallest absolute Gasteiger partial charge is 0.416 e. The lowest BCUT2D eigenvalue weighted by atomic mass is 10.1. The van der Waals surface area contributed by atoms with Crippen LogP contribution >= 0.6 is 0 Å². The highest BCUT2D eigenvalue weighted by Crippen LogP contribution is 2.29. The van der Waals surface area contributed by atoms with Crippen molar-refractivity contribution in [1.29, 1.82) is 0 Å². The van der Waals surface area contributed by atoms with E-state index in [0.29, 0.717) is 5.69 Å². The number of nitrogens with one attached hydrogen (secondary N) is 2. The van der Waals surface area contributed by atoms with E-state index in [1.54, 1.807) is 7.11 Å². The minimum absolute atomic E-state index is 0.199. The molecule has 1 amide bonds. The maximum absolute atomic E-state index is 12.6. The van der Waals surface area contributed by atoms with Crippen molar-refractivity contribution in [3.05, 3.63) is 54.1 Å². The Morgan fingerprint density at radius 2 is 1.79 bits per heavy atom. The fourth-order valence-corrected chi connectivity index (χ4v) is 3.47. The summed E-state index contributed by atoms with van der Waals surface area (Å²) in [6.07, 6.45) is -4.39. The van der Waals surface area contributed by atoms with Crippen LogP contribution in [0.2, 0.25) is 0 Å². The second-order valence-corrected chi connectivity index (χ2v) is 7.13. The van der Waals surface area contributed by atoms with Gasteiger partial charge in [-0.3, -0.25) is 4.79 Å². The highest BCUT2D eigenvalue weighted by molar-refractivity contribution is 5.93. The number of carbonyl (C=O) groups excluding carboxylic acids is 1. The first kappa shape index (κ1) is 21.0. The Hall–Kier alpha value is -2.74. The molecule has 1 aliphatic heterocycles. The zero-order valence-corrected chi connectivity index (χ0v) is 16.4. The molecule has 5 nitrogen and oxygen atoms in total. The molecule has 1 saturated heterocycles. The van der Waals surface area contributed by atoms with Crippen molar-refractivity contribution < 1.29 is 27.6 Å². The van der Waals surface area contributed by atoms with Crippen LogP contribution in [0.5, 0.6) is 5.75 Å². The Morgan fingerprint density at radius 1 is 1.14 bits per heavy atom. The number of quaternary nitrogens is 1. The molecule has 0 saturated carbocycles. The van der Waals surface area contributed by atoms with Gasteiger partial charge in [0, 0.05) is 17.4 Å². The molecule has 156 valence electrons. The van der Waals surface area contributed by atoms with Crippen LogP contribution in [0, 0.1) is 0 Å². The van der Waals surface area contributed by atoms with Crippen molar-refractivity contribution in [2.24, 2.45) is 0 Å². The standard InChI is InChI=1S/C21H24F3N3O2/c1-15(20(28)25-17-8-6-16(7-9-17)21(22,23)24)26-10-12-27(13-11-26)18-4-3-5-19(14-18)29-2/h3-9,14-15H,10-13H2,1-2H3,(H,25,28)/p+1/t15-/m0/s1. The summed E-state index contributed by atoms with van der Waals surface area (Å²) in [7, 11) is 1.64. The third kappa shape index (κ3) is 5.20. The number of hydrogen-bond donors (Lipinski definition) is 2. The van der Waals surface area contributed by atoms with Crippen LogP contribution < -0.4 is 19.9 Å². The molecule has 0 unspecified atom stereocenters. The number of nitrogens with zero attached hydrogens (tertiary/aromatic N) is 1. The SMILES string of the molecule is COc1cccc(N2CC[NH+]([C@@H](C)C(=O)Nc3ccc(C(F)(F)F)cc3)CC2)c1. The predicted molar refractivity (Wildman–Crippen MR) is 105 cm³/mol. The zero-order chi connectivity index (χ0) is 21.0. The van der Waals surface area contributed by atoms with Crippen LogP contribution in [0.4, 0.5) is 24.5 Å². The van der Waals surface area contributed by atoms with Gasteiger partial charge in [-0.1, -0.05) is 6.07 Å². The minimum atomic E-state index is -4.39. The van der Waals surface area contributed by atoms with Gasteiger partial charge in [0.05, 0.1) is 38.9 Å². The van der Waals surface area contributed by atoms with E-state index >= 15 is 0 Å². The molecule has 3 rings (SSSR count). The summed E-state index contributed by atoms with van der Waals surface area (Å²) in [5.41, 5.74) is 0.720. The molecular formula is C21H25F3N3O2+.